The van der Waals surface area contributed by atoms with Gasteiger partial charge >= 0.3 is 12.2 Å². The third kappa shape index (κ3) is 11.3. The summed E-state index contributed by atoms with van der Waals surface area (Å²) in [6.45, 7) is 21.3. The molecule has 2 aliphatic heterocycles. The van der Waals surface area contributed by atoms with Gasteiger partial charge in [-0.3, -0.25) is 28.8 Å². The first kappa shape index (κ1) is 52.4. The number of carbonyl (C=O) groups excluding carboxylic acids is 4. The molecule has 6 aromatic heterocycles. The van der Waals surface area contributed by atoms with Crippen molar-refractivity contribution < 1.29 is 28.7 Å². The van der Waals surface area contributed by atoms with E-state index >= 15 is 0 Å². The van der Waals surface area contributed by atoms with E-state index in [4.69, 9.17) is 19.4 Å². The molecule has 0 spiro atoms. The molecule has 20 heteroatoms. The maximum absolute atomic E-state index is 13.2. The van der Waals surface area contributed by atoms with Gasteiger partial charge in [-0.15, -0.1) is 0 Å². The highest BCUT2D eigenvalue weighted by molar-refractivity contribution is 5.88. The average Bonchev–Trinajstić information content (AvgIpc) is 4.21. The topological polar surface area (TPSA) is 196 Å². The number of hydrogen-bond acceptors (Lipinski definition) is 12. The predicted octanol–water partition coefficient (Wildman–Crippen LogP) is 8.15. The molecule has 2 atom stereocenters. The van der Waals surface area contributed by atoms with Crippen molar-refractivity contribution in [3.8, 4) is 45.0 Å². The van der Waals surface area contributed by atoms with E-state index in [0.29, 0.717) is 39.3 Å². The third-order valence-corrected chi connectivity index (χ3v) is 13.5. The number of rotatable bonds is 8. The predicted molar refractivity (Wildman–Crippen MR) is 286 cm³/mol. The van der Waals surface area contributed by atoms with Crippen LogP contribution in [0.3, 0.4) is 0 Å². The lowest BCUT2D eigenvalue weighted by Crippen LogP contribution is -2.57. The van der Waals surface area contributed by atoms with E-state index in [-0.39, 0.29) is 11.8 Å². The van der Waals surface area contributed by atoms with Crippen LogP contribution in [0.1, 0.15) is 77.6 Å². The Morgan fingerprint density at radius 1 is 0.553 bits per heavy atom. The molecule has 76 heavy (non-hydrogen) atoms. The molecular formula is C56H66N14O6. The number of piperazine rings is 2. The van der Waals surface area contributed by atoms with Gasteiger partial charge in [0.15, 0.2) is 0 Å². The van der Waals surface area contributed by atoms with Crippen LogP contribution in [0.2, 0.25) is 0 Å². The maximum atomic E-state index is 13.2. The van der Waals surface area contributed by atoms with E-state index in [0.717, 1.165) is 78.3 Å². The number of fused-ring (bicyclic) bond motifs is 2. The molecule has 0 bridgehead atoms. The van der Waals surface area contributed by atoms with Gasteiger partial charge in [0.1, 0.15) is 23.3 Å². The summed E-state index contributed by atoms with van der Waals surface area (Å²) in [6.07, 6.45) is 13.9. The van der Waals surface area contributed by atoms with Gasteiger partial charge in [-0.2, -0.15) is 20.4 Å². The lowest BCUT2D eigenvalue weighted by atomic mass is 10.0. The van der Waals surface area contributed by atoms with Gasteiger partial charge in [-0.05, 0) is 116 Å². The zero-order valence-corrected chi connectivity index (χ0v) is 45.3. The molecule has 0 N–H and O–H groups in total. The second-order valence-corrected chi connectivity index (χ2v) is 21.6. The van der Waals surface area contributed by atoms with E-state index in [1.54, 1.807) is 48.0 Å². The Hall–Kier alpha value is -8.42. The number of carbonyl (C=O) groups is 4. The van der Waals surface area contributed by atoms with Crippen molar-refractivity contribution in [1.29, 1.82) is 0 Å². The Morgan fingerprint density at radius 2 is 0.947 bits per heavy atom. The summed E-state index contributed by atoms with van der Waals surface area (Å²) in [5, 5.41) is 17.4. The van der Waals surface area contributed by atoms with Crippen molar-refractivity contribution in [3.05, 3.63) is 120 Å². The van der Waals surface area contributed by atoms with Crippen LogP contribution >= 0.6 is 0 Å². The van der Waals surface area contributed by atoms with Crippen LogP contribution in [0, 0.1) is 13.8 Å². The largest absolute Gasteiger partial charge is 0.444 e. The summed E-state index contributed by atoms with van der Waals surface area (Å²) < 4.78 is 18.1. The van der Waals surface area contributed by atoms with Gasteiger partial charge < -0.3 is 19.3 Å². The lowest BCUT2D eigenvalue weighted by Gasteiger charge is -2.39. The van der Waals surface area contributed by atoms with Gasteiger partial charge in [0.25, 0.3) is 0 Å². The fraction of sp³-hybridized carbons (Fsp3) is 0.393. The van der Waals surface area contributed by atoms with Crippen LogP contribution in [0.5, 0.6) is 0 Å². The molecule has 4 amide bonds. The van der Waals surface area contributed by atoms with Crippen LogP contribution in [0.25, 0.3) is 56.1 Å². The quantitative estimate of drug-likeness (QED) is 0.142. The zero-order chi connectivity index (χ0) is 54.4. The summed E-state index contributed by atoms with van der Waals surface area (Å²) in [4.78, 5) is 68.0. The van der Waals surface area contributed by atoms with Crippen molar-refractivity contribution in [2.75, 3.05) is 26.2 Å². The number of aromatic nitrogens is 10. The lowest BCUT2D eigenvalue weighted by molar-refractivity contribution is -0.141. The van der Waals surface area contributed by atoms with Gasteiger partial charge in [-0.25, -0.2) is 28.6 Å². The SMILES string of the molecule is Cc1cc(-c2nc(-c3cnn(C)c3)cn3nccc23)ccc1CN1CCN(C(=O)OC(C)(C)C)C(C)C1=O.Cc1cc(-c2nc(-c3cnn(C)c3)cn3nccc23)ccc1CN1CCN(C(=O)OC(C)(C)C)C(C)C1=O. The van der Waals surface area contributed by atoms with Crippen LogP contribution in [-0.2, 0) is 46.2 Å². The summed E-state index contributed by atoms with van der Waals surface area (Å²) in [7, 11) is 3.75. The molecule has 10 rings (SSSR count). The number of aryl methyl sites for hydroxylation is 4. The fourth-order valence-electron chi connectivity index (χ4n) is 9.43. The van der Waals surface area contributed by atoms with E-state index < -0.39 is 35.5 Å². The Kier molecular flexibility index (Phi) is 14.3. The fourth-order valence-corrected chi connectivity index (χ4v) is 9.43. The molecule has 2 aliphatic rings. The molecule has 396 valence electrons. The minimum absolute atomic E-state index is 0.0857. The maximum Gasteiger partial charge on any atom is 0.411 e. The molecule has 20 nitrogen and oxygen atoms in total. The summed E-state index contributed by atoms with van der Waals surface area (Å²) in [5.74, 6) is -0.171. The van der Waals surface area contributed by atoms with Gasteiger partial charge in [0.2, 0.25) is 11.8 Å². The van der Waals surface area contributed by atoms with Gasteiger partial charge in [0.05, 0.1) is 71.0 Å². The number of hydrogen-bond donors (Lipinski definition) is 0. The minimum atomic E-state index is -0.606. The number of benzene rings is 2. The zero-order valence-electron chi connectivity index (χ0n) is 45.3. The Bertz CT molecular complexity index is 3260. The first-order valence-corrected chi connectivity index (χ1v) is 25.4. The van der Waals surface area contributed by atoms with Crippen molar-refractivity contribution in [2.45, 2.75) is 106 Å². The Morgan fingerprint density at radius 3 is 1.29 bits per heavy atom. The van der Waals surface area contributed by atoms with Crippen LogP contribution in [0.15, 0.2) is 98.1 Å². The van der Waals surface area contributed by atoms with E-state index in [2.05, 4.69) is 32.5 Å². The highest BCUT2D eigenvalue weighted by Crippen LogP contribution is 2.31. The van der Waals surface area contributed by atoms with Crippen LogP contribution < -0.4 is 0 Å². The van der Waals surface area contributed by atoms with Gasteiger partial charge in [-0.1, -0.05) is 24.3 Å². The van der Waals surface area contributed by atoms with E-state index in [1.165, 1.54) is 9.80 Å². The first-order chi connectivity index (χ1) is 36.0. The highest BCUT2D eigenvalue weighted by atomic mass is 16.6. The second-order valence-electron chi connectivity index (χ2n) is 21.6. The smallest absolute Gasteiger partial charge is 0.411 e. The number of amides is 4. The molecule has 8 aromatic rings. The van der Waals surface area contributed by atoms with Crippen molar-refractivity contribution in [3.63, 3.8) is 0 Å². The molecule has 2 fully saturated rings. The van der Waals surface area contributed by atoms with Crippen LogP contribution in [-0.4, -0.2) is 142 Å². The number of ether oxygens (including phenoxy) is 2. The third-order valence-electron chi connectivity index (χ3n) is 13.5. The van der Waals surface area contributed by atoms with Gasteiger partial charge in [0, 0.05) is 88.0 Å². The molecule has 2 aromatic carbocycles. The molecular weight excluding hydrogens is 965 g/mol. The highest BCUT2D eigenvalue weighted by Gasteiger charge is 2.38. The summed E-state index contributed by atoms with van der Waals surface area (Å²) in [6, 6.07) is 15.1. The number of nitrogens with zero attached hydrogens (tertiary/aromatic N) is 14. The normalized spacial score (nSPS) is 16.4. The molecule has 0 radical (unpaired) electrons. The molecule has 2 unspecified atom stereocenters. The second kappa shape index (κ2) is 20.7. The first-order valence-electron chi connectivity index (χ1n) is 25.4. The molecule has 8 heterocycles. The van der Waals surface area contributed by atoms with Crippen molar-refractivity contribution >= 4 is 35.0 Å². The summed E-state index contributed by atoms with van der Waals surface area (Å²) in [5.41, 5.74) is 11.8. The standard InChI is InChI=1S/2C28H33N7O3/c2*1-18-13-20(25-24-9-10-29-35(24)17-23(31-25)22-14-30-32(6)15-22)7-8-21(18)16-33-11-12-34(19(2)26(33)36)27(37)38-28(3,4)5/h2*7-10,13-15,17,19H,11-12,16H2,1-6H3. The summed E-state index contributed by atoms with van der Waals surface area (Å²) >= 11 is 0. The molecule has 0 aliphatic carbocycles. The Balaban J connectivity index is 0.000000186. The molecule has 0 saturated carbocycles. The monoisotopic (exact) mass is 1030 g/mol. The average molecular weight is 1030 g/mol. The van der Waals surface area contributed by atoms with Crippen molar-refractivity contribution in [1.82, 2.24) is 68.4 Å². The van der Waals surface area contributed by atoms with E-state index in [1.807, 2.05) is 150 Å². The van der Waals surface area contributed by atoms with Crippen LogP contribution in [0.4, 0.5) is 9.59 Å². The molecule has 2 saturated heterocycles. The Labute approximate surface area is 441 Å². The van der Waals surface area contributed by atoms with E-state index in [9.17, 15) is 19.2 Å². The van der Waals surface area contributed by atoms with Crippen molar-refractivity contribution in [2.24, 2.45) is 14.1 Å². The minimum Gasteiger partial charge on any atom is -0.444 e.